The molecule has 0 amide bonds. The van der Waals surface area contributed by atoms with Gasteiger partial charge in [-0.05, 0) is 31.4 Å². The summed E-state index contributed by atoms with van der Waals surface area (Å²) in [5.74, 6) is 0.550. The molecule has 0 saturated carbocycles. The second-order valence-corrected chi connectivity index (χ2v) is 7.19. The van der Waals surface area contributed by atoms with Crippen LogP contribution in [0.1, 0.15) is 24.8 Å². The molecule has 1 aromatic carbocycles. The van der Waals surface area contributed by atoms with Crippen LogP contribution in [0.25, 0.3) is 0 Å². The molecule has 0 atom stereocenters. The number of nitrogens with two attached hydrogens (primary N) is 1. The van der Waals surface area contributed by atoms with E-state index in [9.17, 15) is 0 Å². The summed E-state index contributed by atoms with van der Waals surface area (Å²) in [5.41, 5.74) is 7.50. The molecular formula is C20H33IN4O2. The average Bonchev–Trinajstić information content (AvgIpc) is 2.72. The van der Waals surface area contributed by atoms with Gasteiger partial charge >= 0.3 is 0 Å². The van der Waals surface area contributed by atoms with Gasteiger partial charge in [-0.2, -0.15) is 0 Å². The van der Waals surface area contributed by atoms with Gasteiger partial charge in [-0.1, -0.05) is 30.3 Å². The largest absolute Gasteiger partial charge is 0.381 e. The molecule has 1 aromatic rings. The minimum Gasteiger partial charge on any atom is -0.381 e. The van der Waals surface area contributed by atoms with Crippen molar-refractivity contribution >= 4 is 29.9 Å². The first kappa shape index (κ1) is 22.4. The summed E-state index contributed by atoms with van der Waals surface area (Å²) in [6.45, 7) is 7.99. The number of hydrogen-bond acceptors (Lipinski definition) is 4. The van der Waals surface area contributed by atoms with Crippen LogP contribution in [0.4, 0.5) is 0 Å². The maximum Gasteiger partial charge on any atom is 0.188 e. The van der Waals surface area contributed by atoms with Gasteiger partial charge in [-0.3, -0.25) is 9.89 Å². The standard InChI is InChI=1S/C20H32N4O2.HI/c21-19(22-9-4-10-24-11-15-26-16-12-24)23-17-20(7-13-25-14-8-20)18-5-2-1-3-6-18;/h1-3,5-6H,4,7-17H2,(H3,21,22,23);1H. The van der Waals surface area contributed by atoms with E-state index in [-0.39, 0.29) is 29.4 Å². The highest BCUT2D eigenvalue weighted by Crippen LogP contribution is 2.35. The molecule has 152 valence electrons. The molecular weight excluding hydrogens is 455 g/mol. The van der Waals surface area contributed by atoms with Gasteiger partial charge in [0.25, 0.3) is 0 Å². The summed E-state index contributed by atoms with van der Waals surface area (Å²) < 4.78 is 11.0. The van der Waals surface area contributed by atoms with E-state index < -0.39 is 0 Å². The Balaban J connectivity index is 0.00000261. The second kappa shape index (κ2) is 11.8. The lowest BCUT2D eigenvalue weighted by Crippen LogP contribution is -2.40. The summed E-state index contributed by atoms with van der Waals surface area (Å²) in [6, 6.07) is 10.7. The van der Waals surface area contributed by atoms with Crippen LogP contribution in [-0.4, -0.2) is 70.0 Å². The summed E-state index contributed by atoms with van der Waals surface area (Å²) in [6.07, 6.45) is 3.05. The van der Waals surface area contributed by atoms with E-state index in [0.29, 0.717) is 12.5 Å². The lowest BCUT2D eigenvalue weighted by atomic mass is 9.74. The van der Waals surface area contributed by atoms with Gasteiger partial charge in [0, 0.05) is 38.3 Å². The highest BCUT2D eigenvalue weighted by molar-refractivity contribution is 14.0. The molecule has 0 aromatic heterocycles. The zero-order valence-corrected chi connectivity index (χ0v) is 18.4. The van der Waals surface area contributed by atoms with E-state index in [2.05, 4.69) is 45.5 Å². The van der Waals surface area contributed by atoms with Crippen LogP contribution in [0.2, 0.25) is 0 Å². The Morgan fingerprint density at radius 3 is 2.44 bits per heavy atom. The molecule has 0 aliphatic carbocycles. The van der Waals surface area contributed by atoms with Crippen LogP contribution in [0.3, 0.4) is 0 Å². The van der Waals surface area contributed by atoms with Gasteiger partial charge in [0.15, 0.2) is 5.96 Å². The second-order valence-electron chi connectivity index (χ2n) is 7.19. The first-order chi connectivity index (χ1) is 12.8. The van der Waals surface area contributed by atoms with Crippen molar-refractivity contribution in [3.8, 4) is 0 Å². The van der Waals surface area contributed by atoms with Gasteiger partial charge < -0.3 is 20.5 Å². The van der Waals surface area contributed by atoms with Crippen molar-refractivity contribution in [1.29, 1.82) is 0 Å². The Hall–Kier alpha value is -0.900. The van der Waals surface area contributed by atoms with E-state index in [1.165, 1.54) is 5.56 Å². The molecule has 27 heavy (non-hydrogen) atoms. The van der Waals surface area contributed by atoms with Crippen molar-refractivity contribution in [3.63, 3.8) is 0 Å². The number of guanidine groups is 1. The van der Waals surface area contributed by atoms with E-state index >= 15 is 0 Å². The summed E-state index contributed by atoms with van der Waals surface area (Å²) >= 11 is 0. The van der Waals surface area contributed by atoms with Crippen molar-refractivity contribution in [3.05, 3.63) is 35.9 Å². The maximum absolute atomic E-state index is 6.12. The fourth-order valence-electron chi connectivity index (χ4n) is 3.73. The number of rotatable bonds is 7. The number of nitrogens with one attached hydrogen (secondary N) is 1. The Bertz CT molecular complexity index is 558. The third-order valence-electron chi connectivity index (χ3n) is 5.45. The Kier molecular flexibility index (Phi) is 9.81. The van der Waals surface area contributed by atoms with Crippen LogP contribution < -0.4 is 11.1 Å². The fraction of sp³-hybridized carbons (Fsp3) is 0.650. The summed E-state index contributed by atoms with van der Waals surface area (Å²) in [7, 11) is 0. The molecule has 7 heteroatoms. The Morgan fingerprint density at radius 1 is 1.07 bits per heavy atom. The number of nitrogens with zero attached hydrogens (tertiary/aromatic N) is 2. The van der Waals surface area contributed by atoms with Crippen LogP contribution in [0.5, 0.6) is 0 Å². The normalized spacial score (nSPS) is 20.7. The zero-order valence-electron chi connectivity index (χ0n) is 16.1. The van der Waals surface area contributed by atoms with Crippen molar-refractivity contribution in [2.45, 2.75) is 24.7 Å². The SMILES string of the molecule is I.NC(=NCC1(c2ccccc2)CCOCC1)NCCCN1CCOCC1. The van der Waals surface area contributed by atoms with Crippen molar-refractivity contribution in [2.24, 2.45) is 10.7 Å². The molecule has 2 fully saturated rings. The number of morpholine rings is 1. The highest BCUT2D eigenvalue weighted by Gasteiger charge is 2.34. The van der Waals surface area contributed by atoms with Crippen molar-refractivity contribution in [2.75, 3.05) is 59.2 Å². The molecule has 2 heterocycles. The molecule has 0 radical (unpaired) electrons. The van der Waals surface area contributed by atoms with Crippen LogP contribution in [-0.2, 0) is 14.9 Å². The third-order valence-corrected chi connectivity index (χ3v) is 5.45. The quantitative estimate of drug-likeness (QED) is 0.266. The third kappa shape index (κ3) is 6.89. The van der Waals surface area contributed by atoms with E-state index in [1.54, 1.807) is 0 Å². The lowest BCUT2D eigenvalue weighted by Gasteiger charge is -2.36. The molecule has 6 nitrogen and oxygen atoms in total. The maximum atomic E-state index is 6.12. The molecule has 0 unspecified atom stereocenters. The monoisotopic (exact) mass is 488 g/mol. The number of aliphatic imine (C=N–C) groups is 1. The van der Waals surface area contributed by atoms with E-state index in [1.807, 2.05) is 0 Å². The Labute approximate surface area is 179 Å². The van der Waals surface area contributed by atoms with Crippen molar-refractivity contribution < 1.29 is 9.47 Å². The predicted molar refractivity (Wildman–Crippen MR) is 120 cm³/mol. The van der Waals surface area contributed by atoms with E-state index in [4.69, 9.17) is 15.2 Å². The van der Waals surface area contributed by atoms with Gasteiger partial charge in [0.05, 0.1) is 19.8 Å². The minimum atomic E-state index is 0. The van der Waals surface area contributed by atoms with Crippen LogP contribution >= 0.6 is 24.0 Å². The highest BCUT2D eigenvalue weighted by atomic mass is 127. The van der Waals surface area contributed by atoms with Gasteiger partial charge in [-0.15, -0.1) is 24.0 Å². The topological polar surface area (TPSA) is 72.1 Å². The lowest BCUT2D eigenvalue weighted by molar-refractivity contribution is 0.0376. The summed E-state index contributed by atoms with van der Waals surface area (Å²) in [4.78, 5) is 7.11. The molecule has 2 saturated heterocycles. The number of halogens is 1. The number of benzene rings is 1. The number of hydrogen-bond donors (Lipinski definition) is 2. The van der Waals surface area contributed by atoms with Crippen molar-refractivity contribution in [1.82, 2.24) is 10.2 Å². The van der Waals surface area contributed by atoms with Crippen LogP contribution in [0, 0.1) is 0 Å². The van der Waals surface area contributed by atoms with Gasteiger partial charge in [0.2, 0.25) is 0 Å². The van der Waals surface area contributed by atoms with Crippen LogP contribution in [0.15, 0.2) is 35.3 Å². The predicted octanol–water partition coefficient (Wildman–Crippen LogP) is 1.98. The molecule has 3 rings (SSSR count). The zero-order chi connectivity index (χ0) is 18.1. The molecule has 3 N–H and O–H groups in total. The van der Waals surface area contributed by atoms with Gasteiger partial charge in [-0.25, -0.2) is 0 Å². The molecule has 2 aliphatic rings. The van der Waals surface area contributed by atoms with E-state index in [0.717, 1.165) is 71.9 Å². The Morgan fingerprint density at radius 2 is 1.74 bits per heavy atom. The molecule has 0 spiro atoms. The van der Waals surface area contributed by atoms with Gasteiger partial charge in [0.1, 0.15) is 0 Å². The molecule has 2 aliphatic heterocycles. The fourth-order valence-corrected chi connectivity index (χ4v) is 3.73. The average molecular weight is 488 g/mol. The smallest absolute Gasteiger partial charge is 0.188 e. The summed E-state index contributed by atoms with van der Waals surface area (Å²) in [5, 5.41) is 3.27. The molecule has 0 bridgehead atoms. The first-order valence-electron chi connectivity index (χ1n) is 9.76. The minimum absolute atomic E-state index is 0. The number of ether oxygens (including phenoxy) is 2. The first-order valence-corrected chi connectivity index (χ1v) is 9.76.